The Morgan fingerprint density at radius 2 is 2.00 bits per heavy atom. The molecule has 1 amide bonds. The minimum Gasteiger partial charge on any atom is -0.347 e. The van der Waals surface area contributed by atoms with Crippen LogP contribution >= 0.6 is 11.3 Å². The van der Waals surface area contributed by atoms with Crippen molar-refractivity contribution in [2.45, 2.75) is 38.6 Å². The second-order valence-electron chi connectivity index (χ2n) is 5.04. The highest BCUT2D eigenvalue weighted by molar-refractivity contribution is 7.09. The lowest BCUT2D eigenvalue weighted by molar-refractivity contribution is -0.121. The second-order valence-corrected chi connectivity index (χ2v) is 5.97. The molecule has 2 aromatic rings. The van der Waals surface area contributed by atoms with Gasteiger partial charge in [-0.3, -0.25) is 9.59 Å². The van der Waals surface area contributed by atoms with E-state index in [-0.39, 0.29) is 17.7 Å². The van der Waals surface area contributed by atoms with Gasteiger partial charge < -0.3 is 5.32 Å². The summed E-state index contributed by atoms with van der Waals surface area (Å²) in [6.07, 6.45) is 3.87. The summed E-state index contributed by atoms with van der Waals surface area (Å²) in [5, 5.41) is 5.81. The Kier molecular flexibility index (Phi) is 6.27. The monoisotopic (exact) mass is 316 g/mol. The van der Waals surface area contributed by atoms with Gasteiger partial charge in [-0.2, -0.15) is 0 Å². The first-order chi connectivity index (χ1) is 10.7. The predicted molar refractivity (Wildman–Crippen MR) is 87.9 cm³/mol. The van der Waals surface area contributed by atoms with Gasteiger partial charge in [0.25, 0.3) is 0 Å². The SMILES string of the molecule is CCC(NC(=O)CCCC(=O)c1ccccc1)c1nccs1. The van der Waals surface area contributed by atoms with Crippen molar-refractivity contribution in [3.8, 4) is 0 Å². The van der Waals surface area contributed by atoms with Crippen molar-refractivity contribution in [2.75, 3.05) is 0 Å². The molecular formula is C17H20N2O2S. The summed E-state index contributed by atoms with van der Waals surface area (Å²) < 4.78 is 0. The van der Waals surface area contributed by atoms with Gasteiger partial charge in [0.1, 0.15) is 5.01 Å². The van der Waals surface area contributed by atoms with E-state index in [1.54, 1.807) is 29.7 Å². The molecule has 0 aliphatic carbocycles. The molecule has 1 aromatic heterocycles. The van der Waals surface area contributed by atoms with E-state index in [9.17, 15) is 9.59 Å². The van der Waals surface area contributed by atoms with Crippen LogP contribution in [0.3, 0.4) is 0 Å². The van der Waals surface area contributed by atoms with Crippen LogP contribution in [-0.2, 0) is 4.79 Å². The third kappa shape index (κ3) is 4.77. The molecule has 2 rings (SSSR count). The minimum absolute atomic E-state index is 0.0251. The minimum atomic E-state index is -0.0303. The van der Waals surface area contributed by atoms with E-state index in [0.717, 1.165) is 11.4 Å². The number of amides is 1. The number of rotatable bonds is 8. The van der Waals surface area contributed by atoms with Gasteiger partial charge in [-0.15, -0.1) is 11.3 Å². The Morgan fingerprint density at radius 3 is 2.64 bits per heavy atom. The highest BCUT2D eigenvalue weighted by Gasteiger charge is 2.15. The Bertz CT molecular complexity index is 596. The van der Waals surface area contributed by atoms with Crippen molar-refractivity contribution in [1.29, 1.82) is 0 Å². The van der Waals surface area contributed by atoms with E-state index in [2.05, 4.69) is 10.3 Å². The van der Waals surface area contributed by atoms with Crippen LogP contribution in [0.2, 0.25) is 0 Å². The van der Waals surface area contributed by atoms with Gasteiger partial charge >= 0.3 is 0 Å². The maximum atomic E-state index is 12.0. The van der Waals surface area contributed by atoms with Crippen LogP contribution < -0.4 is 5.32 Å². The van der Waals surface area contributed by atoms with Gasteiger partial charge in [0.15, 0.2) is 5.78 Å². The summed E-state index contributed by atoms with van der Waals surface area (Å²) in [5.41, 5.74) is 0.706. The summed E-state index contributed by atoms with van der Waals surface area (Å²) in [4.78, 5) is 28.2. The average Bonchev–Trinajstić information content (AvgIpc) is 3.07. The summed E-state index contributed by atoms with van der Waals surface area (Å²) >= 11 is 1.54. The first kappa shape index (κ1) is 16.4. The van der Waals surface area contributed by atoms with Crippen molar-refractivity contribution in [2.24, 2.45) is 0 Å². The Balaban J connectivity index is 1.75. The van der Waals surface area contributed by atoms with E-state index >= 15 is 0 Å². The number of nitrogens with one attached hydrogen (secondary N) is 1. The number of Topliss-reactive ketones (excluding diaryl/α,β-unsaturated/α-hetero) is 1. The maximum absolute atomic E-state index is 12.0. The molecule has 0 radical (unpaired) electrons. The first-order valence-corrected chi connectivity index (χ1v) is 8.35. The van der Waals surface area contributed by atoms with E-state index in [1.165, 1.54) is 0 Å². The number of thiazole rings is 1. The molecule has 116 valence electrons. The van der Waals surface area contributed by atoms with Gasteiger partial charge in [0.05, 0.1) is 6.04 Å². The Hall–Kier alpha value is -2.01. The molecule has 1 heterocycles. The highest BCUT2D eigenvalue weighted by Crippen LogP contribution is 2.19. The second kappa shape index (κ2) is 8.44. The van der Waals surface area contributed by atoms with Crippen LogP contribution in [0.5, 0.6) is 0 Å². The zero-order valence-corrected chi connectivity index (χ0v) is 13.4. The van der Waals surface area contributed by atoms with Gasteiger partial charge in [-0.05, 0) is 12.8 Å². The molecule has 1 unspecified atom stereocenters. The molecule has 5 heteroatoms. The van der Waals surface area contributed by atoms with Gasteiger partial charge in [-0.1, -0.05) is 37.3 Å². The topological polar surface area (TPSA) is 59.1 Å². The number of ketones is 1. The number of carbonyl (C=O) groups excluding carboxylic acids is 2. The molecule has 0 aliphatic rings. The van der Waals surface area contributed by atoms with Gasteiger partial charge in [0.2, 0.25) is 5.91 Å². The van der Waals surface area contributed by atoms with Crippen LogP contribution in [0, 0.1) is 0 Å². The van der Waals surface area contributed by atoms with Crippen molar-refractivity contribution in [1.82, 2.24) is 10.3 Å². The Labute approximate surface area is 134 Å². The van der Waals surface area contributed by atoms with E-state index in [4.69, 9.17) is 0 Å². The summed E-state index contributed by atoms with van der Waals surface area (Å²) in [6, 6.07) is 9.15. The summed E-state index contributed by atoms with van der Waals surface area (Å²) in [6.45, 7) is 2.02. The molecule has 0 fully saturated rings. The molecular weight excluding hydrogens is 296 g/mol. The molecule has 22 heavy (non-hydrogen) atoms. The van der Waals surface area contributed by atoms with Crippen LogP contribution in [0.4, 0.5) is 0 Å². The molecule has 1 aromatic carbocycles. The standard InChI is InChI=1S/C17H20N2O2S/c1-2-14(17-18-11-12-22-17)19-16(21)10-6-9-15(20)13-7-4-3-5-8-13/h3-5,7-8,11-12,14H,2,6,9-10H2,1H3,(H,19,21). The average molecular weight is 316 g/mol. The van der Waals surface area contributed by atoms with Crippen LogP contribution in [0.15, 0.2) is 41.9 Å². The predicted octanol–water partition coefficient (Wildman–Crippen LogP) is 3.76. The number of carbonyl (C=O) groups is 2. The fourth-order valence-electron chi connectivity index (χ4n) is 2.19. The van der Waals surface area contributed by atoms with Crippen LogP contribution in [0.25, 0.3) is 0 Å². The third-order valence-electron chi connectivity index (χ3n) is 3.40. The molecule has 1 N–H and O–H groups in total. The van der Waals surface area contributed by atoms with Crippen LogP contribution in [0.1, 0.15) is 54.0 Å². The molecule has 0 saturated heterocycles. The lowest BCUT2D eigenvalue weighted by Crippen LogP contribution is -2.27. The van der Waals surface area contributed by atoms with E-state index < -0.39 is 0 Å². The largest absolute Gasteiger partial charge is 0.347 e. The third-order valence-corrected chi connectivity index (χ3v) is 4.29. The van der Waals surface area contributed by atoms with Crippen molar-refractivity contribution >= 4 is 23.0 Å². The van der Waals surface area contributed by atoms with Gasteiger partial charge in [0, 0.05) is 30.0 Å². The van der Waals surface area contributed by atoms with Crippen molar-refractivity contribution in [3.63, 3.8) is 0 Å². The van der Waals surface area contributed by atoms with Crippen LogP contribution in [-0.4, -0.2) is 16.7 Å². The number of aromatic nitrogens is 1. The lowest BCUT2D eigenvalue weighted by atomic mass is 10.1. The zero-order valence-electron chi connectivity index (χ0n) is 12.6. The lowest BCUT2D eigenvalue weighted by Gasteiger charge is -2.14. The van der Waals surface area contributed by atoms with E-state index in [0.29, 0.717) is 24.8 Å². The molecule has 0 bridgehead atoms. The summed E-state index contributed by atoms with van der Waals surface area (Å²) in [7, 11) is 0. The molecule has 4 nitrogen and oxygen atoms in total. The Morgan fingerprint density at radius 1 is 1.23 bits per heavy atom. The molecule has 0 saturated carbocycles. The number of nitrogens with zero attached hydrogens (tertiary/aromatic N) is 1. The summed E-state index contributed by atoms with van der Waals surface area (Å²) in [5.74, 6) is 0.0586. The maximum Gasteiger partial charge on any atom is 0.220 e. The van der Waals surface area contributed by atoms with Crippen molar-refractivity contribution < 1.29 is 9.59 Å². The fraction of sp³-hybridized carbons (Fsp3) is 0.353. The van der Waals surface area contributed by atoms with Gasteiger partial charge in [-0.25, -0.2) is 4.98 Å². The quantitative estimate of drug-likeness (QED) is 0.754. The number of hydrogen-bond acceptors (Lipinski definition) is 4. The van der Waals surface area contributed by atoms with E-state index in [1.807, 2.05) is 30.5 Å². The number of benzene rings is 1. The number of hydrogen-bond donors (Lipinski definition) is 1. The molecule has 0 spiro atoms. The first-order valence-electron chi connectivity index (χ1n) is 7.47. The zero-order chi connectivity index (χ0) is 15.8. The molecule has 0 aliphatic heterocycles. The highest BCUT2D eigenvalue weighted by atomic mass is 32.1. The van der Waals surface area contributed by atoms with Crippen molar-refractivity contribution in [3.05, 3.63) is 52.5 Å². The fourth-order valence-corrected chi connectivity index (χ4v) is 2.96. The molecule has 1 atom stereocenters. The smallest absolute Gasteiger partial charge is 0.220 e. The normalized spacial score (nSPS) is 11.9.